The van der Waals surface area contributed by atoms with E-state index in [1.54, 1.807) is 0 Å². The van der Waals surface area contributed by atoms with Gasteiger partial charge in [0.05, 0.1) is 18.3 Å². The van der Waals surface area contributed by atoms with Gasteiger partial charge in [-0.25, -0.2) is 4.39 Å². The van der Waals surface area contributed by atoms with Crippen LogP contribution in [0.2, 0.25) is 0 Å². The molecule has 0 spiro atoms. The van der Waals surface area contributed by atoms with E-state index in [1.807, 2.05) is 13.8 Å². The van der Waals surface area contributed by atoms with E-state index < -0.39 is 11.9 Å². The van der Waals surface area contributed by atoms with Gasteiger partial charge in [0.2, 0.25) is 5.91 Å². The Morgan fingerprint density at radius 3 is 2.79 bits per heavy atom. The van der Waals surface area contributed by atoms with E-state index in [0.717, 1.165) is 12.8 Å². The van der Waals surface area contributed by atoms with Crippen molar-refractivity contribution in [3.8, 4) is 5.75 Å². The molecule has 0 radical (unpaired) electrons. The Labute approximate surface area is 113 Å². The number of nitrogens with two attached hydrogens (primary N) is 1. The van der Waals surface area contributed by atoms with Crippen LogP contribution in [0.5, 0.6) is 5.75 Å². The van der Waals surface area contributed by atoms with Gasteiger partial charge in [0.1, 0.15) is 11.6 Å². The molecule has 4 nitrogen and oxygen atoms in total. The summed E-state index contributed by atoms with van der Waals surface area (Å²) in [5.41, 5.74) is 6.18. The molecule has 0 aliphatic carbocycles. The van der Waals surface area contributed by atoms with Crippen molar-refractivity contribution >= 4 is 11.6 Å². The van der Waals surface area contributed by atoms with E-state index in [0.29, 0.717) is 24.5 Å². The Hall–Kier alpha value is -1.62. The molecule has 0 aliphatic rings. The maximum Gasteiger partial charge on any atom is 0.241 e. The van der Waals surface area contributed by atoms with Crippen molar-refractivity contribution in [2.45, 2.75) is 39.2 Å². The van der Waals surface area contributed by atoms with Gasteiger partial charge in [-0.3, -0.25) is 4.79 Å². The fourth-order valence-corrected chi connectivity index (χ4v) is 1.60. The third-order valence-corrected chi connectivity index (χ3v) is 2.60. The van der Waals surface area contributed by atoms with Gasteiger partial charge >= 0.3 is 0 Å². The first kappa shape index (κ1) is 15.4. The molecule has 0 heterocycles. The second-order valence-electron chi connectivity index (χ2n) is 4.37. The van der Waals surface area contributed by atoms with Gasteiger partial charge in [-0.15, -0.1) is 0 Å². The molecule has 0 saturated carbocycles. The Morgan fingerprint density at radius 2 is 2.16 bits per heavy atom. The Bertz CT molecular complexity index is 424. The van der Waals surface area contributed by atoms with Crippen LogP contribution in [-0.2, 0) is 4.79 Å². The average molecular weight is 268 g/mol. The monoisotopic (exact) mass is 268 g/mol. The number of carbonyl (C=O) groups excluding carboxylic acids is 1. The van der Waals surface area contributed by atoms with E-state index in [9.17, 15) is 9.18 Å². The zero-order valence-electron chi connectivity index (χ0n) is 11.4. The molecule has 1 rings (SSSR count). The lowest BCUT2D eigenvalue weighted by Gasteiger charge is -2.15. The predicted octanol–water partition coefficient (Wildman–Crippen LogP) is 2.68. The minimum atomic E-state index is -0.561. The van der Waals surface area contributed by atoms with E-state index in [4.69, 9.17) is 10.5 Å². The van der Waals surface area contributed by atoms with E-state index in [2.05, 4.69) is 5.32 Å². The number of amides is 1. The smallest absolute Gasteiger partial charge is 0.241 e. The molecule has 3 N–H and O–H groups in total. The second-order valence-corrected chi connectivity index (χ2v) is 4.37. The molecule has 0 bridgehead atoms. The lowest BCUT2D eigenvalue weighted by Crippen LogP contribution is -2.35. The van der Waals surface area contributed by atoms with Crippen molar-refractivity contribution < 1.29 is 13.9 Å². The summed E-state index contributed by atoms with van der Waals surface area (Å²) < 4.78 is 18.6. The molecule has 19 heavy (non-hydrogen) atoms. The molecule has 1 amide bonds. The highest BCUT2D eigenvalue weighted by molar-refractivity contribution is 5.95. The first-order valence-corrected chi connectivity index (χ1v) is 6.57. The first-order chi connectivity index (χ1) is 9.08. The number of carbonyl (C=O) groups is 1. The molecule has 106 valence electrons. The third kappa shape index (κ3) is 4.87. The van der Waals surface area contributed by atoms with Gasteiger partial charge in [0.25, 0.3) is 0 Å². The van der Waals surface area contributed by atoms with Crippen LogP contribution in [0.3, 0.4) is 0 Å². The number of rotatable bonds is 7. The second kappa shape index (κ2) is 7.74. The number of nitrogens with one attached hydrogen (secondary N) is 1. The molecule has 0 aromatic heterocycles. The fourth-order valence-electron chi connectivity index (χ4n) is 1.60. The molecular weight excluding hydrogens is 247 g/mol. The van der Waals surface area contributed by atoms with Crippen LogP contribution in [0, 0.1) is 5.82 Å². The predicted molar refractivity (Wildman–Crippen MR) is 73.7 cm³/mol. The van der Waals surface area contributed by atoms with Crippen molar-refractivity contribution in [3.63, 3.8) is 0 Å². The minimum absolute atomic E-state index is 0.283. The number of ether oxygens (including phenoxy) is 1. The molecule has 1 aromatic carbocycles. The zero-order valence-corrected chi connectivity index (χ0v) is 11.4. The van der Waals surface area contributed by atoms with Gasteiger partial charge in [0.15, 0.2) is 0 Å². The number of hydrogen-bond donors (Lipinski definition) is 2. The quantitative estimate of drug-likeness (QED) is 0.799. The van der Waals surface area contributed by atoms with Crippen molar-refractivity contribution in [3.05, 3.63) is 24.0 Å². The summed E-state index contributed by atoms with van der Waals surface area (Å²) in [6.45, 7) is 4.38. The molecule has 0 saturated heterocycles. The van der Waals surface area contributed by atoms with Crippen LogP contribution in [0.25, 0.3) is 0 Å². The third-order valence-electron chi connectivity index (χ3n) is 2.60. The topological polar surface area (TPSA) is 64.3 Å². The lowest BCUT2D eigenvalue weighted by molar-refractivity contribution is -0.117. The summed E-state index contributed by atoms with van der Waals surface area (Å²) >= 11 is 0. The summed E-state index contributed by atoms with van der Waals surface area (Å²) in [5, 5.41) is 2.68. The summed E-state index contributed by atoms with van der Waals surface area (Å²) in [5.74, 6) is -0.351. The largest absolute Gasteiger partial charge is 0.491 e. The summed E-state index contributed by atoms with van der Waals surface area (Å²) in [4.78, 5) is 11.8. The zero-order chi connectivity index (χ0) is 14.3. The summed E-state index contributed by atoms with van der Waals surface area (Å²) in [6, 6.07) is 3.46. The van der Waals surface area contributed by atoms with E-state index >= 15 is 0 Å². The first-order valence-electron chi connectivity index (χ1n) is 6.57. The standard InChI is InChI=1S/C14H21FN2O2/c1-3-5-11(16)14(18)17-12-7-6-10(15)9-13(12)19-8-4-2/h6-7,9,11H,3-5,8,16H2,1-2H3,(H,17,18). The van der Waals surface area contributed by atoms with Gasteiger partial charge in [-0.1, -0.05) is 20.3 Å². The highest BCUT2D eigenvalue weighted by atomic mass is 19.1. The van der Waals surface area contributed by atoms with E-state index in [1.165, 1.54) is 18.2 Å². The van der Waals surface area contributed by atoms with Crippen LogP contribution in [0.1, 0.15) is 33.1 Å². The van der Waals surface area contributed by atoms with Crippen molar-refractivity contribution in [1.82, 2.24) is 0 Å². The molecule has 1 atom stereocenters. The SMILES string of the molecule is CCCOc1cc(F)ccc1NC(=O)C(N)CCC. The van der Waals surface area contributed by atoms with Crippen LogP contribution in [0.15, 0.2) is 18.2 Å². The Kier molecular flexibility index (Phi) is 6.29. The maximum absolute atomic E-state index is 13.2. The van der Waals surface area contributed by atoms with Crippen LogP contribution >= 0.6 is 0 Å². The van der Waals surface area contributed by atoms with Crippen LogP contribution < -0.4 is 15.8 Å². The molecule has 0 fully saturated rings. The number of hydrogen-bond acceptors (Lipinski definition) is 3. The van der Waals surface area contributed by atoms with Crippen molar-refractivity contribution in [2.24, 2.45) is 5.73 Å². The van der Waals surface area contributed by atoms with Gasteiger partial charge in [-0.2, -0.15) is 0 Å². The Morgan fingerprint density at radius 1 is 1.42 bits per heavy atom. The highest BCUT2D eigenvalue weighted by Gasteiger charge is 2.15. The number of halogens is 1. The molecule has 1 unspecified atom stereocenters. The number of benzene rings is 1. The maximum atomic E-state index is 13.2. The summed E-state index contributed by atoms with van der Waals surface area (Å²) in [6.07, 6.45) is 2.24. The highest BCUT2D eigenvalue weighted by Crippen LogP contribution is 2.25. The van der Waals surface area contributed by atoms with Crippen molar-refractivity contribution in [1.29, 1.82) is 0 Å². The fraction of sp³-hybridized carbons (Fsp3) is 0.500. The molecule has 0 aliphatic heterocycles. The minimum Gasteiger partial charge on any atom is -0.491 e. The number of anilines is 1. The lowest BCUT2D eigenvalue weighted by atomic mass is 10.1. The van der Waals surface area contributed by atoms with Crippen LogP contribution in [0.4, 0.5) is 10.1 Å². The Balaban J connectivity index is 2.78. The van der Waals surface area contributed by atoms with Gasteiger partial charge < -0.3 is 15.8 Å². The van der Waals surface area contributed by atoms with Gasteiger partial charge in [0, 0.05) is 6.07 Å². The van der Waals surface area contributed by atoms with Gasteiger partial charge in [-0.05, 0) is 25.0 Å². The molecule has 5 heteroatoms. The molecular formula is C14H21FN2O2. The normalized spacial score (nSPS) is 12.0. The summed E-state index contributed by atoms with van der Waals surface area (Å²) in [7, 11) is 0. The van der Waals surface area contributed by atoms with Crippen LogP contribution in [-0.4, -0.2) is 18.6 Å². The van der Waals surface area contributed by atoms with E-state index in [-0.39, 0.29) is 5.91 Å². The average Bonchev–Trinajstić information content (AvgIpc) is 2.39. The van der Waals surface area contributed by atoms with Crippen molar-refractivity contribution in [2.75, 3.05) is 11.9 Å². The molecule has 1 aromatic rings.